The molecule has 11 heteroatoms. The van der Waals surface area contributed by atoms with Crippen molar-refractivity contribution in [2.24, 2.45) is 5.16 Å². The molecule has 0 aromatic carbocycles. The van der Waals surface area contributed by atoms with Gasteiger partial charge in [-0.25, -0.2) is 4.79 Å². The Morgan fingerprint density at radius 1 is 1.33 bits per heavy atom. The van der Waals surface area contributed by atoms with E-state index in [1.165, 1.54) is 40.6 Å². The lowest BCUT2D eigenvalue weighted by Gasteiger charge is -2.43. The number of carbonyl (C=O) groups is 3. The Hall–Kier alpha value is -2.14. The average Bonchev–Trinajstić information content (AvgIpc) is 3.31. The number of nitrogens with zero attached hydrogens (tertiary/aromatic N) is 3. The molecule has 9 nitrogen and oxygen atoms in total. The van der Waals surface area contributed by atoms with Gasteiger partial charge in [0.25, 0.3) is 5.91 Å². The summed E-state index contributed by atoms with van der Waals surface area (Å²) in [6.45, 7) is 3.59. The monoisotopic (exact) mass is 452 g/mol. The van der Waals surface area contributed by atoms with Gasteiger partial charge in [0.1, 0.15) is 23.6 Å². The van der Waals surface area contributed by atoms with Crippen LogP contribution in [0.1, 0.15) is 50.8 Å². The van der Waals surface area contributed by atoms with Gasteiger partial charge in [-0.1, -0.05) is 11.6 Å². The van der Waals surface area contributed by atoms with Crippen LogP contribution in [0.25, 0.3) is 0 Å². The Bertz CT molecular complexity index is 866. The number of carboxylic acid groups (broad SMARTS) is 1. The van der Waals surface area contributed by atoms with Gasteiger partial charge in [0, 0.05) is 10.9 Å². The number of nitrogens with one attached hydrogen (secondary N) is 1. The van der Waals surface area contributed by atoms with Gasteiger partial charge in [0.05, 0.1) is 10.4 Å². The maximum atomic E-state index is 13.0. The fourth-order valence-electron chi connectivity index (χ4n) is 4.18. The molecule has 162 valence electrons. The van der Waals surface area contributed by atoms with E-state index in [2.05, 4.69) is 15.5 Å². The molecule has 1 aromatic heterocycles. The first-order valence-electron chi connectivity index (χ1n) is 9.96. The molecular weight excluding hydrogens is 428 g/mol. The predicted octanol–water partition coefficient (Wildman–Crippen LogP) is 1.83. The van der Waals surface area contributed by atoms with Crippen LogP contribution in [0.4, 0.5) is 0 Å². The average molecular weight is 453 g/mol. The number of β-lactam (4-membered cyclic amide) rings is 1. The van der Waals surface area contributed by atoms with Crippen LogP contribution in [0.15, 0.2) is 16.9 Å². The number of thiazole rings is 1. The van der Waals surface area contributed by atoms with E-state index in [4.69, 9.17) is 4.84 Å². The number of rotatable bonds is 6. The molecule has 0 radical (unpaired) electrons. The second kappa shape index (κ2) is 8.18. The summed E-state index contributed by atoms with van der Waals surface area (Å²) in [5.74, 6) is -1.96. The van der Waals surface area contributed by atoms with E-state index < -0.39 is 40.0 Å². The maximum absolute atomic E-state index is 13.0. The Morgan fingerprint density at radius 3 is 2.70 bits per heavy atom. The molecule has 4 rings (SSSR count). The van der Waals surface area contributed by atoms with E-state index in [1.54, 1.807) is 19.4 Å². The smallest absolute Gasteiger partial charge is 0.327 e. The third-order valence-electron chi connectivity index (χ3n) is 5.69. The highest BCUT2D eigenvalue weighted by Gasteiger charge is 2.64. The quantitative estimate of drug-likeness (QED) is 0.384. The summed E-state index contributed by atoms with van der Waals surface area (Å²) in [5.41, 5.74) is 1.69. The van der Waals surface area contributed by atoms with Gasteiger partial charge >= 0.3 is 5.97 Å². The molecule has 0 spiro atoms. The van der Waals surface area contributed by atoms with E-state index in [0.29, 0.717) is 4.88 Å². The zero-order chi connectivity index (χ0) is 21.5. The largest absolute Gasteiger partial charge is 0.480 e. The van der Waals surface area contributed by atoms with Crippen LogP contribution in [0.2, 0.25) is 0 Å². The van der Waals surface area contributed by atoms with Crippen LogP contribution < -0.4 is 5.32 Å². The molecule has 2 aliphatic heterocycles. The molecule has 1 aliphatic carbocycles. The number of hydrogen-bond acceptors (Lipinski definition) is 8. The molecule has 2 amide bonds. The van der Waals surface area contributed by atoms with Crippen molar-refractivity contribution in [1.82, 2.24) is 15.2 Å². The number of fused-ring (bicyclic) bond motifs is 1. The number of oxime groups is 1. The summed E-state index contributed by atoms with van der Waals surface area (Å²) in [6, 6.07) is -1.71. The third-order valence-corrected chi connectivity index (χ3v) is 8.04. The normalized spacial score (nSPS) is 28.6. The minimum absolute atomic E-state index is 0.0159. The van der Waals surface area contributed by atoms with Crippen LogP contribution in [0, 0.1) is 0 Å². The highest BCUT2D eigenvalue weighted by Crippen LogP contribution is 2.50. The first-order valence-corrected chi connectivity index (χ1v) is 11.7. The highest BCUT2D eigenvalue weighted by atomic mass is 32.2. The molecule has 3 atom stereocenters. The van der Waals surface area contributed by atoms with Crippen LogP contribution in [0.3, 0.4) is 0 Å². The van der Waals surface area contributed by atoms with Crippen molar-refractivity contribution in [3.05, 3.63) is 16.6 Å². The van der Waals surface area contributed by atoms with E-state index >= 15 is 0 Å². The molecule has 1 aromatic rings. The van der Waals surface area contributed by atoms with E-state index in [-0.39, 0.29) is 11.8 Å². The molecule has 2 N–H and O–H groups in total. The summed E-state index contributed by atoms with van der Waals surface area (Å²) in [4.78, 5) is 48.8. The molecule has 30 heavy (non-hydrogen) atoms. The number of hydrogen-bond donors (Lipinski definition) is 2. The number of carbonyl (C=O) groups excluding carboxylic acids is 2. The van der Waals surface area contributed by atoms with Crippen molar-refractivity contribution in [1.29, 1.82) is 0 Å². The number of aliphatic carboxylic acids is 1. The molecule has 2 saturated heterocycles. The van der Waals surface area contributed by atoms with Crippen molar-refractivity contribution in [2.45, 2.75) is 74.3 Å². The Labute approximate surface area is 182 Å². The molecule has 3 aliphatic rings. The van der Waals surface area contributed by atoms with Crippen molar-refractivity contribution in [3.63, 3.8) is 0 Å². The first kappa shape index (κ1) is 21.1. The fraction of sp³-hybridized carbons (Fsp3) is 0.632. The zero-order valence-electron chi connectivity index (χ0n) is 16.7. The van der Waals surface area contributed by atoms with E-state index in [9.17, 15) is 19.5 Å². The lowest BCUT2D eigenvalue weighted by atomic mass is 9.96. The van der Waals surface area contributed by atoms with Crippen LogP contribution in [-0.4, -0.2) is 66.8 Å². The summed E-state index contributed by atoms with van der Waals surface area (Å²) in [5, 5.41) is 16.0. The van der Waals surface area contributed by atoms with Gasteiger partial charge in [-0.2, -0.15) is 0 Å². The topological polar surface area (TPSA) is 121 Å². The van der Waals surface area contributed by atoms with Gasteiger partial charge < -0.3 is 20.2 Å². The zero-order valence-corrected chi connectivity index (χ0v) is 18.4. The minimum atomic E-state index is -1.04. The van der Waals surface area contributed by atoms with Gasteiger partial charge in [-0.15, -0.1) is 23.1 Å². The fourth-order valence-corrected chi connectivity index (χ4v) is 6.41. The van der Waals surface area contributed by atoms with Crippen molar-refractivity contribution < 1.29 is 24.3 Å². The SMILES string of the molecule is CC1(C)S[C@@H]2[C@H](NC(=O)/C(=N/OC3CCCCC3)c3cncs3)C(=O)N2[C@H]1C(=O)O. The third kappa shape index (κ3) is 3.80. The Kier molecular flexibility index (Phi) is 5.75. The maximum Gasteiger partial charge on any atom is 0.327 e. The standard InChI is InChI=1S/C19H24N4O5S2/c1-19(2)14(18(26)27)23-16(25)13(17(23)30-19)21-15(24)12(11-8-20-9-29-11)22-28-10-6-4-3-5-7-10/h8-10,13-14,17H,3-7H2,1-2H3,(H,21,24)(H,26,27)/b22-12+/t13-,14+,17-/m1/s1. The predicted molar refractivity (Wildman–Crippen MR) is 112 cm³/mol. The molecule has 0 bridgehead atoms. The van der Waals surface area contributed by atoms with Crippen LogP contribution >= 0.6 is 23.1 Å². The second-order valence-corrected chi connectivity index (χ2v) is 10.9. The molecule has 0 unspecified atom stereocenters. The van der Waals surface area contributed by atoms with Gasteiger partial charge in [-0.05, 0) is 39.5 Å². The minimum Gasteiger partial charge on any atom is -0.480 e. The van der Waals surface area contributed by atoms with Crippen LogP contribution in [0.5, 0.6) is 0 Å². The van der Waals surface area contributed by atoms with E-state index in [0.717, 1.165) is 25.7 Å². The summed E-state index contributed by atoms with van der Waals surface area (Å²) in [7, 11) is 0. The summed E-state index contributed by atoms with van der Waals surface area (Å²) >= 11 is 2.64. The summed E-state index contributed by atoms with van der Waals surface area (Å²) in [6.07, 6.45) is 6.66. The van der Waals surface area contributed by atoms with Crippen molar-refractivity contribution >= 4 is 46.6 Å². The molecular formula is C19H24N4O5S2. The van der Waals surface area contributed by atoms with Gasteiger partial charge in [0.2, 0.25) is 5.91 Å². The lowest BCUT2D eigenvalue weighted by Crippen LogP contribution is -2.71. The Morgan fingerprint density at radius 2 is 2.07 bits per heavy atom. The van der Waals surface area contributed by atoms with Gasteiger partial charge in [0.15, 0.2) is 5.71 Å². The molecule has 3 fully saturated rings. The van der Waals surface area contributed by atoms with Gasteiger partial charge in [-0.3, -0.25) is 14.6 Å². The Balaban J connectivity index is 1.48. The molecule has 3 heterocycles. The van der Waals surface area contributed by atoms with Crippen molar-refractivity contribution in [3.8, 4) is 0 Å². The van der Waals surface area contributed by atoms with Crippen molar-refractivity contribution in [2.75, 3.05) is 0 Å². The lowest BCUT2D eigenvalue weighted by molar-refractivity contribution is -0.160. The number of aromatic nitrogens is 1. The second-order valence-electron chi connectivity index (χ2n) is 8.22. The number of thioether (sulfide) groups is 1. The molecule has 1 saturated carbocycles. The number of carboxylic acids is 1. The van der Waals surface area contributed by atoms with E-state index in [1.807, 2.05) is 0 Å². The first-order chi connectivity index (χ1) is 14.3. The highest BCUT2D eigenvalue weighted by molar-refractivity contribution is 8.01. The van der Waals surface area contributed by atoms with Crippen LogP contribution in [-0.2, 0) is 19.2 Å². The summed E-state index contributed by atoms with van der Waals surface area (Å²) < 4.78 is -0.648. The number of amides is 2.